The molecule has 0 N–H and O–H groups in total. The zero-order valence-corrected chi connectivity index (χ0v) is 15.4. The second-order valence-electron chi connectivity index (χ2n) is 5.72. The number of methoxy groups -OCH3 is 1. The topological polar surface area (TPSA) is 69.9 Å². The van der Waals surface area contributed by atoms with Crippen LogP contribution >= 0.6 is 11.8 Å². The summed E-state index contributed by atoms with van der Waals surface area (Å²) in [6.07, 6.45) is 0. The fourth-order valence-electron chi connectivity index (χ4n) is 2.40. The van der Waals surface area contributed by atoms with E-state index in [1.807, 2.05) is 24.3 Å². The molecule has 3 rings (SSSR count). The van der Waals surface area contributed by atoms with Crippen LogP contribution in [0.3, 0.4) is 0 Å². The third kappa shape index (κ3) is 4.48. The first-order chi connectivity index (χ1) is 13.0. The highest BCUT2D eigenvalue weighted by Gasteiger charge is 2.22. The van der Waals surface area contributed by atoms with Gasteiger partial charge in [-0.15, -0.1) is 5.10 Å². The van der Waals surface area contributed by atoms with Crippen LogP contribution in [-0.4, -0.2) is 38.4 Å². The third-order valence-electron chi connectivity index (χ3n) is 3.84. The van der Waals surface area contributed by atoms with Crippen LogP contribution in [0.2, 0.25) is 0 Å². The fourth-order valence-corrected chi connectivity index (χ4v) is 3.26. The summed E-state index contributed by atoms with van der Waals surface area (Å²) in [5.41, 5.74) is 0.791. The highest BCUT2D eigenvalue weighted by atomic mass is 32.2. The number of aromatic nitrogens is 4. The van der Waals surface area contributed by atoms with Crippen molar-refractivity contribution in [2.75, 3.05) is 7.11 Å². The maximum absolute atomic E-state index is 13.8. The number of ketones is 1. The molecule has 0 radical (unpaired) electrons. The molecule has 140 valence electrons. The Morgan fingerprint density at radius 3 is 2.63 bits per heavy atom. The summed E-state index contributed by atoms with van der Waals surface area (Å²) in [4.78, 5) is 12.5. The number of halogens is 2. The predicted octanol–water partition coefficient (Wildman–Crippen LogP) is 3.37. The van der Waals surface area contributed by atoms with E-state index in [1.165, 1.54) is 0 Å². The van der Waals surface area contributed by atoms with E-state index in [0.29, 0.717) is 17.8 Å². The van der Waals surface area contributed by atoms with Crippen LogP contribution in [0.25, 0.3) is 0 Å². The molecule has 0 fully saturated rings. The summed E-state index contributed by atoms with van der Waals surface area (Å²) in [5, 5.41) is 11.3. The number of ether oxygens (including phenoxy) is 1. The SMILES string of the molecule is COc1ccc(Cn2nnnc2SC(C)C(=O)c2ccc(F)cc2F)cc1. The molecule has 9 heteroatoms. The van der Waals surface area contributed by atoms with Gasteiger partial charge in [0, 0.05) is 6.07 Å². The van der Waals surface area contributed by atoms with E-state index in [-0.39, 0.29) is 5.56 Å². The number of hydrogen-bond donors (Lipinski definition) is 0. The van der Waals surface area contributed by atoms with Gasteiger partial charge in [-0.2, -0.15) is 0 Å². The molecule has 1 aromatic heterocycles. The summed E-state index contributed by atoms with van der Waals surface area (Å²) in [6, 6.07) is 10.3. The summed E-state index contributed by atoms with van der Waals surface area (Å²) in [7, 11) is 1.59. The average molecular weight is 390 g/mol. The van der Waals surface area contributed by atoms with Gasteiger partial charge >= 0.3 is 0 Å². The summed E-state index contributed by atoms with van der Waals surface area (Å²) in [6.45, 7) is 2.04. The molecule has 0 bridgehead atoms. The molecule has 27 heavy (non-hydrogen) atoms. The number of Topliss-reactive ketones (excluding diaryl/α,β-unsaturated/α-hetero) is 1. The summed E-state index contributed by atoms with van der Waals surface area (Å²) < 4.78 is 33.5. The number of tetrazole rings is 1. The van der Waals surface area contributed by atoms with Gasteiger partial charge in [0.1, 0.15) is 17.4 Å². The molecule has 0 aliphatic heterocycles. The molecule has 1 atom stereocenters. The lowest BCUT2D eigenvalue weighted by Gasteiger charge is -2.11. The van der Waals surface area contributed by atoms with Gasteiger partial charge in [-0.05, 0) is 47.2 Å². The van der Waals surface area contributed by atoms with Gasteiger partial charge in [0.15, 0.2) is 5.78 Å². The van der Waals surface area contributed by atoms with Gasteiger partial charge in [-0.1, -0.05) is 23.9 Å². The molecular formula is C18H16F2N4O2S. The Morgan fingerprint density at radius 1 is 1.22 bits per heavy atom. The van der Waals surface area contributed by atoms with Crippen LogP contribution in [0.5, 0.6) is 5.75 Å². The number of hydrogen-bond acceptors (Lipinski definition) is 6. The molecule has 3 aromatic rings. The Labute approximate surface area is 158 Å². The van der Waals surface area contributed by atoms with E-state index >= 15 is 0 Å². The van der Waals surface area contributed by atoms with E-state index < -0.39 is 22.7 Å². The van der Waals surface area contributed by atoms with Crippen LogP contribution in [0, 0.1) is 11.6 Å². The van der Waals surface area contributed by atoms with Gasteiger partial charge in [0.25, 0.3) is 0 Å². The lowest BCUT2D eigenvalue weighted by Crippen LogP contribution is -2.16. The molecule has 0 saturated carbocycles. The lowest BCUT2D eigenvalue weighted by atomic mass is 10.1. The number of nitrogens with zero attached hydrogens (tertiary/aromatic N) is 4. The van der Waals surface area contributed by atoms with Gasteiger partial charge < -0.3 is 4.74 Å². The standard InChI is InChI=1S/C18H16F2N4O2S/c1-11(17(25)15-8-5-13(19)9-16(15)20)27-18-21-22-23-24(18)10-12-3-6-14(26-2)7-4-12/h3-9,11H,10H2,1-2H3. The fraction of sp³-hybridized carbons (Fsp3) is 0.222. The maximum Gasteiger partial charge on any atom is 0.210 e. The summed E-state index contributed by atoms with van der Waals surface area (Å²) >= 11 is 1.11. The Bertz CT molecular complexity index is 947. The molecule has 0 aliphatic rings. The van der Waals surface area contributed by atoms with E-state index in [0.717, 1.165) is 35.2 Å². The van der Waals surface area contributed by atoms with Gasteiger partial charge in [-0.3, -0.25) is 4.79 Å². The number of carbonyl (C=O) groups is 1. The molecule has 1 unspecified atom stereocenters. The van der Waals surface area contributed by atoms with Crippen LogP contribution in [0.15, 0.2) is 47.6 Å². The van der Waals surface area contributed by atoms with Crippen LogP contribution < -0.4 is 4.74 Å². The minimum atomic E-state index is -0.884. The Kier molecular flexibility index (Phi) is 5.80. The van der Waals surface area contributed by atoms with Crippen molar-refractivity contribution < 1.29 is 18.3 Å². The molecular weight excluding hydrogens is 374 g/mol. The van der Waals surface area contributed by atoms with Gasteiger partial charge in [-0.25, -0.2) is 13.5 Å². The first-order valence-corrected chi connectivity index (χ1v) is 8.91. The van der Waals surface area contributed by atoms with Gasteiger partial charge in [0.2, 0.25) is 5.16 Å². The first kappa shape index (κ1) is 19.0. The predicted molar refractivity (Wildman–Crippen MR) is 95.9 cm³/mol. The minimum Gasteiger partial charge on any atom is -0.497 e. The van der Waals surface area contributed by atoms with Gasteiger partial charge in [0.05, 0.1) is 24.5 Å². The quantitative estimate of drug-likeness (QED) is 0.455. The number of carbonyl (C=O) groups excluding carboxylic acids is 1. The third-order valence-corrected chi connectivity index (χ3v) is 4.91. The van der Waals surface area contributed by atoms with E-state index in [2.05, 4.69) is 15.5 Å². The highest BCUT2D eigenvalue weighted by Crippen LogP contribution is 2.25. The second kappa shape index (κ2) is 8.26. The van der Waals surface area contributed by atoms with Crippen LogP contribution in [0.4, 0.5) is 8.78 Å². The zero-order valence-electron chi connectivity index (χ0n) is 14.6. The molecule has 6 nitrogen and oxygen atoms in total. The van der Waals surface area contributed by atoms with Crippen molar-refractivity contribution in [2.24, 2.45) is 0 Å². The van der Waals surface area contributed by atoms with Crippen molar-refractivity contribution in [2.45, 2.75) is 23.9 Å². The molecule has 0 spiro atoms. The monoisotopic (exact) mass is 390 g/mol. The van der Waals surface area contributed by atoms with E-state index in [4.69, 9.17) is 4.74 Å². The van der Waals surface area contributed by atoms with Crippen LogP contribution in [-0.2, 0) is 6.54 Å². The summed E-state index contributed by atoms with van der Waals surface area (Å²) in [5.74, 6) is -1.33. The molecule has 2 aromatic carbocycles. The highest BCUT2D eigenvalue weighted by molar-refractivity contribution is 8.00. The van der Waals surface area contributed by atoms with E-state index in [1.54, 1.807) is 18.7 Å². The minimum absolute atomic E-state index is 0.162. The second-order valence-corrected chi connectivity index (χ2v) is 7.02. The van der Waals surface area contributed by atoms with Crippen LogP contribution in [0.1, 0.15) is 22.8 Å². The molecule has 0 amide bonds. The zero-order chi connectivity index (χ0) is 19.4. The maximum atomic E-state index is 13.8. The van der Waals surface area contributed by atoms with Crippen molar-refractivity contribution >= 4 is 17.5 Å². The average Bonchev–Trinajstić information content (AvgIpc) is 3.08. The number of rotatable bonds is 7. The van der Waals surface area contributed by atoms with Crippen molar-refractivity contribution in [3.8, 4) is 5.75 Å². The molecule has 0 saturated heterocycles. The molecule has 0 aliphatic carbocycles. The largest absolute Gasteiger partial charge is 0.497 e. The molecule has 1 heterocycles. The number of benzene rings is 2. The Balaban J connectivity index is 1.72. The Morgan fingerprint density at radius 2 is 1.96 bits per heavy atom. The van der Waals surface area contributed by atoms with Crippen molar-refractivity contribution in [3.63, 3.8) is 0 Å². The van der Waals surface area contributed by atoms with E-state index in [9.17, 15) is 13.6 Å². The lowest BCUT2D eigenvalue weighted by molar-refractivity contribution is 0.0990. The number of thioether (sulfide) groups is 1. The van der Waals surface area contributed by atoms with Crippen molar-refractivity contribution in [1.29, 1.82) is 0 Å². The normalized spacial score (nSPS) is 12.0. The Hall–Kier alpha value is -2.81. The first-order valence-electron chi connectivity index (χ1n) is 8.03. The smallest absolute Gasteiger partial charge is 0.210 e. The van der Waals surface area contributed by atoms with Crippen molar-refractivity contribution in [3.05, 3.63) is 65.2 Å². The van der Waals surface area contributed by atoms with Crippen molar-refractivity contribution in [1.82, 2.24) is 20.2 Å².